The fourth-order valence-corrected chi connectivity index (χ4v) is 3.07. The Bertz CT molecular complexity index is 990. The first kappa shape index (κ1) is 20.0. The Morgan fingerprint density at radius 1 is 1.21 bits per heavy atom. The van der Waals surface area contributed by atoms with Crippen LogP contribution in [-0.2, 0) is 22.6 Å². The highest BCUT2D eigenvalue weighted by molar-refractivity contribution is 9.10. The monoisotopic (exact) mass is 451 g/mol. The first-order chi connectivity index (χ1) is 13.5. The van der Waals surface area contributed by atoms with Crippen molar-refractivity contribution in [3.63, 3.8) is 0 Å². The summed E-state index contributed by atoms with van der Waals surface area (Å²) in [7, 11) is 1.57. The highest BCUT2D eigenvalue weighted by atomic mass is 79.9. The number of esters is 1. The van der Waals surface area contributed by atoms with Crippen molar-refractivity contribution in [2.75, 3.05) is 7.11 Å². The maximum Gasteiger partial charge on any atom is 0.306 e. The molecule has 1 aromatic heterocycles. The molecule has 0 atom stereocenters. The van der Waals surface area contributed by atoms with Crippen molar-refractivity contribution < 1.29 is 27.5 Å². The Hall–Kier alpha value is -2.74. The molecule has 0 saturated heterocycles. The Kier molecular flexibility index (Phi) is 6.41. The number of aryl methyl sites for hydroxylation is 1. The zero-order chi connectivity index (χ0) is 20.1. The number of halogens is 3. The molecule has 3 rings (SSSR count). The molecule has 0 radical (unpaired) electrons. The van der Waals surface area contributed by atoms with E-state index in [4.69, 9.17) is 13.9 Å². The third-order valence-corrected chi connectivity index (χ3v) is 4.53. The van der Waals surface area contributed by atoms with Gasteiger partial charge in [-0.3, -0.25) is 4.79 Å². The minimum Gasteiger partial charge on any atom is -0.496 e. The smallest absolute Gasteiger partial charge is 0.306 e. The lowest BCUT2D eigenvalue weighted by Gasteiger charge is -2.07. The summed E-state index contributed by atoms with van der Waals surface area (Å²) in [4.78, 5) is 16.0. The molecule has 0 amide bonds. The van der Waals surface area contributed by atoms with Crippen LogP contribution in [0.5, 0.6) is 5.75 Å². The summed E-state index contributed by atoms with van der Waals surface area (Å²) in [6, 6.07) is 8.56. The van der Waals surface area contributed by atoms with Crippen LogP contribution < -0.4 is 4.74 Å². The van der Waals surface area contributed by atoms with E-state index in [9.17, 15) is 13.6 Å². The molecule has 2 aromatic carbocycles. The van der Waals surface area contributed by atoms with Gasteiger partial charge in [0.25, 0.3) is 0 Å². The van der Waals surface area contributed by atoms with Gasteiger partial charge in [-0.25, -0.2) is 13.8 Å². The molecule has 0 aliphatic rings. The molecule has 0 unspecified atom stereocenters. The van der Waals surface area contributed by atoms with Crippen LogP contribution in [0.1, 0.15) is 17.9 Å². The second-order valence-corrected chi connectivity index (χ2v) is 6.73. The lowest BCUT2D eigenvalue weighted by molar-refractivity contribution is -0.145. The van der Waals surface area contributed by atoms with Gasteiger partial charge in [0.1, 0.15) is 24.0 Å². The van der Waals surface area contributed by atoms with E-state index in [1.807, 2.05) is 6.07 Å². The molecule has 0 bridgehead atoms. The van der Waals surface area contributed by atoms with Crippen molar-refractivity contribution in [3.05, 3.63) is 70.2 Å². The molecule has 0 N–H and O–H groups in total. The minimum atomic E-state index is -0.743. The summed E-state index contributed by atoms with van der Waals surface area (Å²) >= 11 is 3.37. The van der Waals surface area contributed by atoms with Crippen LogP contribution >= 0.6 is 15.9 Å². The Balaban J connectivity index is 1.52. The van der Waals surface area contributed by atoms with Gasteiger partial charge in [-0.2, -0.15) is 0 Å². The molecule has 0 aliphatic carbocycles. The molecular formula is C20H16BrF2NO4. The number of ether oxygens (including phenoxy) is 2. The number of methoxy groups -OCH3 is 1. The zero-order valence-electron chi connectivity index (χ0n) is 14.9. The van der Waals surface area contributed by atoms with E-state index in [0.717, 1.165) is 22.2 Å². The second kappa shape index (κ2) is 8.97. The Morgan fingerprint density at radius 3 is 2.75 bits per heavy atom. The summed E-state index contributed by atoms with van der Waals surface area (Å²) < 4.78 is 43.4. The average Bonchev–Trinajstić information content (AvgIpc) is 3.13. The van der Waals surface area contributed by atoms with Crippen molar-refractivity contribution in [2.24, 2.45) is 0 Å². The van der Waals surface area contributed by atoms with Crippen LogP contribution in [-0.4, -0.2) is 18.1 Å². The van der Waals surface area contributed by atoms with Crippen molar-refractivity contribution >= 4 is 21.9 Å². The standard InChI is InChI=1S/C20H16BrF2NO4/c1-26-17-5-2-12(8-15(17)21)11-27-20(25)7-6-19-24-10-18(28-19)14-4-3-13(22)9-16(14)23/h2-5,8-10H,6-7,11H2,1H3. The van der Waals surface area contributed by atoms with Crippen molar-refractivity contribution in [1.82, 2.24) is 4.98 Å². The number of benzene rings is 2. The SMILES string of the molecule is COc1ccc(COC(=O)CCc2ncc(-c3ccc(F)cc3F)o2)cc1Br. The molecule has 0 saturated carbocycles. The third kappa shape index (κ3) is 4.95. The molecule has 28 heavy (non-hydrogen) atoms. The average molecular weight is 452 g/mol. The van der Waals surface area contributed by atoms with Gasteiger partial charge in [-0.1, -0.05) is 6.07 Å². The molecule has 5 nitrogen and oxygen atoms in total. The van der Waals surface area contributed by atoms with Gasteiger partial charge in [-0.15, -0.1) is 0 Å². The third-order valence-electron chi connectivity index (χ3n) is 3.91. The van der Waals surface area contributed by atoms with Gasteiger partial charge in [0.15, 0.2) is 11.7 Å². The van der Waals surface area contributed by atoms with Crippen LogP contribution in [0.2, 0.25) is 0 Å². The van der Waals surface area contributed by atoms with Crippen LogP contribution in [0.15, 0.2) is 51.5 Å². The first-order valence-electron chi connectivity index (χ1n) is 8.34. The van der Waals surface area contributed by atoms with E-state index in [-0.39, 0.29) is 36.7 Å². The molecule has 1 heterocycles. The van der Waals surface area contributed by atoms with E-state index in [2.05, 4.69) is 20.9 Å². The van der Waals surface area contributed by atoms with Gasteiger partial charge >= 0.3 is 5.97 Å². The summed E-state index contributed by atoms with van der Waals surface area (Å²) in [6.45, 7) is 0.124. The van der Waals surface area contributed by atoms with E-state index in [1.165, 1.54) is 12.3 Å². The molecular weight excluding hydrogens is 436 g/mol. The van der Waals surface area contributed by atoms with Gasteiger partial charge in [-0.05, 0) is 45.8 Å². The maximum absolute atomic E-state index is 13.8. The molecule has 0 aliphatic heterocycles. The van der Waals surface area contributed by atoms with Gasteiger partial charge in [0, 0.05) is 12.5 Å². The summed E-state index contributed by atoms with van der Waals surface area (Å²) in [5.74, 6) is -0.709. The summed E-state index contributed by atoms with van der Waals surface area (Å²) in [6.07, 6.45) is 1.60. The number of nitrogens with zero attached hydrogens (tertiary/aromatic N) is 1. The van der Waals surface area contributed by atoms with Crippen molar-refractivity contribution in [1.29, 1.82) is 0 Å². The van der Waals surface area contributed by atoms with E-state index in [0.29, 0.717) is 5.75 Å². The Morgan fingerprint density at radius 2 is 2.04 bits per heavy atom. The summed E-state index contributed by atoms with van der Waals surface area (Å²) in [5.41, 5.74) is 0.916. The highest BCUT2D eigenvalue weighted by Crippen LogP contribution is 2.26. The quantitative estimate of drug-likeness (QED) is 0.469. The molecule has 3 aromatic rings. The van der Waals surface area contributed by atoms with Crippen LogP contribution in [0.4, 0.5) is 8.78 Å². The van der Waals surface area contributed by atoms with Crippen LogP contribution in [0.3, 0.4) is 0 Å². The second-order valence-electron chi connectivity index (χ2n) is 5.87. The van der Waals surface area contributed by atoms with E-state index in [1.54, 1.807) is 19.2 Å². The number of hydrogen-bond donors (Lipinski definition) is 0. The van der Waals surface area contributed by atoms with Crippen molar-refractivity contribution in [3.8, 4) is 17.1 Å². The predicted molar refractivity (Wildman–Crippen MR) is 101 cm³/mol. The molecule has 146 valence electrons. The lowest BCUT2D eigenvalue weighted by atomic mass is 10.2. The van der Waals surface area contributed by atoms with Gasteiger partial charge < -0.3 is 13.9 Å². The fraction of sp³-hybridized carbons (Fsp3) is 0.200. The van der Waals surface area contributed by atoms with Gasteiger partial charge in [0.2, 0.25) is 0 Å². The maximum atomic E-state index is 13.8. The number of hydrogen-bond acceptors (Lipinski definition) is 5. The van der Waals surface area contributed by atoms with Crippen LogP contribution in [0, 0.1) is 11.6 Å². The number of carbonyl (C=O) groups excluding carboxylic acids is 1. The summed E-state index contributed by atoms with van der Waals surface area (Å²) in [5, 5.41) is 0. The molecule has 8 heteroatoms. The molecule has 0 spiro atoms. The number of carbonyl (C=O) groups is 1. The predicted octanol–water partition coefficient (Wildman–Crippen LogP) is 5.07. The normalized spacial score (nSPS) is 10.7. The lowest BCUT2D eigenvalue weighted by Crippen LogP contribution is -2.06. The number of rotatable bonds is 7. The fourth-order valence-electron chi connectivity index (χ4n) is 2.48. The van der Waals surface area contributed by atoms with Gasteiger partial charge in [0.05, 0.1) is 29.8 Å². The van der Waals surface area contributed by atoms with E-state index >= 15 is 0 Å². The van der Waals surface area contributed by atoms with E-state index < -0.39 is 17.6 Å². The number of oxazole rings is 1. The van der Waals surface area contributed by atoms with Crippen LogP contribution in [0.25, 0.3) is 11.3 Å². The Labute approximate surface area is 168 Å². The van der Waals surface area contributed by atoms with Crippen molar-refractivity contribution in [2.45, 2.75) is 19.4 Å². The largest absolute Gasteiger partial charge is 0.496 e. The zero-order valence-corrected chi connectivity index (χ0v) is 16.5. The first-order valence-corrected chi connectivity index (χ1v) is 9.13. The minimum absolute atomic E-state index is 0.0587. The number of aromatic nitrogens is 1. The topological polar surface area (TPSA) is 61.6 Å². The highest BCUT2D eigenvalue weighted by Gasteiger charge is 2.13. The molecule has 0 fully saturated rings.